The number of hydrogen-bond acceptors (Lipinski definition) is 1. The van der Waals surface area contributed by atoms with E-state index in [1.54, 1.807) is 18.2 Å². The van der Waals surface area contributed by atoms with Gasteiger partial charge in [-0.15, -0.1) is 0 Å². The number of aliphatic carboxylic acids is 1. The number of H-pyrrole nitrogens is 1. The molecule has 0 saturated heterocycles. The Labute approximate surface area is 117 Å². The third-order valence-corrected chi connectivity index (χ3v) is 3.35. The lowest BCUT2D eigenvalue weighted by molar-refractivity contribution is -0.138. The summed E-state index contributed by atoms with van der Waals surface area (Å²) in [6, 6.07) is 8.42. The maximum atomic E-state index is 12.8. The maximum absolute atomic E-state index is 12.8. The standard InChI is InChI=1S/C15H10F3NO2/c16-15(17,18)9-2-4-12-11(7-9)10-3-1-8(6-14(20)21)5-13(10)19-12/h1-5,7,19H,6H2,(H,20,21). The summed E-state index contributed by atoms with van der Waals surface area (Å²) in [4.78, 5) is 13.7. The van der Waals surface area contributed by atoms with Crippen LogP contribution in [0.2, 0.25) is 0 Å². The highest BCUT2D eigenvalue weighted by Gasteiger charge is 2.30. The highest BCUT2D eigenvalue weighted by molar-refractivity contribution is 6.07. The number of fused-ring (bicyclic) bond motifs is 3. The van der Waals surface area contributed by atoms with Crippen LogP contribution in [0, 0.1) is 0 Å². The van der Waals surface area contributed by atoms with Crippen LogP contribution >= 0.6 is 0 Å². The van der Waals surface area contributed by atoms with Crippen molar-refractivity contribution >= 4 is 27.8 Å². The SMILES string of the molecule is O=C(O)Cc1ccc2c(c1)[nH]c1ccc(C(F)(F)F)cc12. The van der Waals surface area contributed by atoms with Crippen LogP contribution in [0.3, 0.4) is 0 Å². The van der Waals surface area contributed by atoms with Crippen molar-refractivity contribution in [3.05, 3.63) is 47.5 Å². The third kappa shape index (κ3) is 2.44. The summed E-state index contributed by atoms with van der Waals surface area (Å²) in [5, 5.41) is 9.89. The van der Waals surface area contributed by atoms with Gasteiger partial charge in [-0.2, -0.15) is 13.2 Å². The van der Waals surface area contributed by atoms with Gasteiger partial charge in [0, 0.05) is 21.8 Å². The zero-order valence-electron chi connectivity index (χ0n) is 10.7. The summed E-state index contributed by atoms with van der Waals surface area (Å²) < 4.78 is 38.3. The third-order valence-electron chi connectivity index (χ3n) is 3.35. The summed E-state index contributed by atoms with van der Waals surface area (Å²) in [7, 11) is 0. The Balaban J connectivity index is 2.19. The van der Waals surface area contributed by atoms with E-state index in [4.69, 9.17) is 5.11 Å². The predicted octanol–water partition coefficient (Wildman–Crippen LogP) is 3.97. The summed E-state index contributed by atoms with van der Waals surface area (Å²) >= 11 is 0. The minimum atomic E-state index is -4.39. The van der Waals surface area contributed by atoms with Crippen LogP contribution in [0.25, 0.3) is 21.8 Å². The zero-order valence-corrected chi connectivity index (χ0v) is 10.7. The molecule has 1 aromatic heterocycles. The molecule has 0 radical (unpaired) electrons. The molecule has 0 fully saturated rings. The second-order valence-corrected chi connectivity index (χ2v) is 4.83. The van der Waals surface area contributed by atoms with E-state index in [0.29, 0.717) is 27.4 Å². The first-order valence-electron chi connectivity index (χ1n) is 6.18. The van der Waals surface area contributed by atoms with Gasteiger partial charge in [-0.3, -0.25) is 4.79 Å². The molecular weight excluding hydrogens is 283 g/mol. The average Bonchev–Trinajstić information content (AvgIpc) is 2.73. The van der Waals surface area contributed by atoms with Gasteiger partial charge in [0.15, 0.2) is 0 Å². The molecule has 3 nitrogen and oxygen atoms in total. The van der Waals surface area contributed by atoms with E-state index in [2.05, 4.69) is 4.98 Å². The lowest BCUT2D eigenvalue weighted by Crippen LogP contribution is -2.03. The lowest BCUT2D eigenvalue weighted by atomic mass is 10.1. The van der Waals surface area contributed by atoms with Crippen LogP contribution in [-0.2, 0) is 17.4 Å². The Kier molecular flexibility index (Phi) is 2.90. The summed E-state index contributed by atoms with van der Waals surface area (Å²) in [6.45, 7) is 0. The summed E-state index contributed by atoms with van der Waals surface area (Å²) in [5.41, 5.74) is 1.11. The van der Waals surface area contributed by atoms with Crippen molar-refractivity contribution in [2.24, 2.45) is 0 Å². The lowest BCUT2D eigenvalue weighted by Gasteiger charge is -2.05. The van der Waals surface area contributed by atoms with Gasteiger partial charge in [-0.05, 0) is 29.8 Å². The Bertz CT molecular complexity index is 849. The predicted molar refractivity (Wildman–Crippen MR) is 72.1 cm³/mol. The molecule has 0 amide bonds. The van der Waals surface area contributed by atoms with Crippen molar-refractivity contribution in [2.75, 3.05) is 0 Å². The zero-order chi connectivity index (χ0) is 15.2. The van der Waals surface area contributed by atoms with Crippen molar-refractivity contribution in [1.29, 1.82) is 0 Å². The molecule has 0 saturated carbocycles. The van der Waals surface area contributed by atoms with Gasteiger partial charge in [-0.1, -0.05) is 12.1 Å². The fraction of sp³-hybridized carbons (Fsp3) is 0.133. The first-order chi connectivity index (χ1) is 9.84. The summed E-state index contributed by atoms with van der Waals surface area (Å²) in [6.07, 6.45) is -4.51. The number of aromatic amines is 1. The van der Waals surface area contributed by atoms with Gasteiger partial charge in [0.2, 0.25) is 0 Å². The second-order valence-electron chi connectivity index (χ2n) is 4.83. The molecule has 1 heterocycles. The van der Waals surface area contributed by atoms with E-state index in [9.17, 15) is 18.0 Å². The number of aromatic nitrogens is 1. The molecule has 108 valence electrons. The number of alkyl halides is 3. The second kappa shape index (κ2) is 4.51. The number of carboxylic acid groups (broad SMARTS) is 1. The molecule has 0 aliphatic heterocycles. The van der Waals surface area contributed by atoms with Crippen molar-refractivity contribution in [3.63, 3.8) is 0 Å². The van der Waals surface area contributed by atoms with Crippen LogP contribution in [0.5, 0.6) is 0 Å². The molecule has 2 aromatic carbocycles. The number of carbonyl (C=O) groups is 1. The van der Waals surface area contributed by atoms with E-state index in [-0.39, 0.29) is 6.42 Å². The van der Waals surface area contributed by atoms with Crippen LogP contribution in [0.15, 0.2) is 36.4 Å². The van der Waals surface area contributed by atoms with E-state index >= 15 is 0 Å². The van der Waals surface area contributed by atoms with Crippen molar-refractivity contribution in [3.8, 4) is 0 Å². The number of halogens is 3. The smallest absolute Gasteiger partial charge is 0.416 e. The van der Waals surface area contributed by atoms with Crippen LogP contribution < -0.4 is 0 Å². The number of rotatable bonds is 2. The molecule has 3 aromatic rings. The number of nitrogens with one attached hydrogen (secondary N) is 1. The first-order valence-corrected chi connectivity index (χ1v) is 6.18. The normalized spacial score (nSPS) is 12.1. The van der Waals surface area contributed by atoms with Crippen LogP contribution in [0.4, 0.5) is 13.2 Å². The average molecular weight is 293 g/mol. The highest BCUT2D eigenvalue weighted by Crippen LogP contribution is 2.34. The molecule has 0 unspecified atom stereocenters. The van der Waals surface area contributed by atoms with E-state index in [0.717, 1.165) is 12.1 Å². The van der Waals surface area contributed by atoms with Gasteiger partial charge in [0.25, 0.3) is 0 Å². The summed E-state index contributed by atoms with van der Waals surface area (Å²) in [5.74, 6) is -0.954. The van der Waals surface area contributed by atoms with Gasteiger partial charge >= 0.3 is 12.1 Å². The van der Waals surface area contributed by atoms with E-state index in [1.807, 2.05) is 0 Å². The first kappa shape index (κ1) is 13.5. The fourth-order valence-corrected chi connectivity index (χ4v) is 2.41. The van der Waals surface area contributed by atoms with E-state index < -0.39 is 17.7 Å². The van der Waals surface area contributed by atoms with Crippen molar-refractivity contribution < 1.29 is 23.1 Å². The Morgan fingerprint density at radius 3 is 2.48 bits per heavy atom. The van der Waals surface area contributed by atoms with Gasteiger partial charge in [0.1, 0.15) is 0 Å². The molecule has 2 N–H and O–H groups in total. The molecular formula is C15H10F3NO2. The Morgan fingerprint density at radius 1 is 1.05 bits per heavy atom. The van der Waals surface area contributed by atoms with Crippen LogP contribution in [-0.4, -0.2) is 16.1 Å². The fourth-order valence-electron chi connectivity index (χ4n) is 2.41. The molecule has 0 bridgehead atoms. The Hall–Kier alpha value is -2.50. The quantitative estimate of drug-likeness (QED) is 0.751. The van der Waals surface area contributed by atoms with Crippen molar-refractivity contribution in [1.82, 2.24) is 4.98 Å². The van der Waals surface area contributed by atoms with Crippen molar-refractivity contribution in [2.45, 2.75) is 12.6 Å². The number of hydrogen-bond donors (Lipinski definition) is 2. The number of carboxylic acids is 1. The topological polar surface area (TPSA) is 53.1 Å². The molecule has 3 rings (SSSR count). The molecule has 0 spiro atoms. The highest BCUT2D eigenvalue weighted by atomic mass is 19.4. The van der Waals surface area contributed by atoms with Gasteiger partial charge in [0.05, 0.1) is 12.0 Å². The molecule has 0 aliphatic carbocycles. The molecule has 21 heavy (non-hydrogen) atoms. The molecule has 6 heteroatoms. The van der Waals surface area contributed by atoms with E-state index in [1.165, 1.54) is 6.07 Å². The molecule has 0 atom stereocenters. The van der Waals surface area contributed by atoms with Gasteiger partial charge < -0.3 is 10.1 Å². The minimum Gasteiger partial charge on any atom is -0.481 e. The maximum Gasteiger partial charge on any atom is 0.416 e. The molecule has 0 aliphatic rings. The van der Waals surface area contributed by atoms with Gasteiger partial charge in [-0.25, -0.2) is 0 Å². The Morgan fingerprint density at radius 2 is 1.81 bits per heavy atom. The minimum absolute atomic E-state index is 0.126. The largest absolute Gasteiger partial charge is 0.481 e. The number of benzene rings is 2. The van der Waals surface area contributed by atoms with Crippen LogP contribution in [0.1, 0.15) is 11.1 Å². The monoisotopic (exact) mass is 293 g/mol.